The Kier molecular flexibility index (Phi) is 12.4. The van der Waals surface area contributed by atoms with Crippen LogP contribution in [0.3, 0.4) is 0 Å². The van der Waals surface area contributed by atoms with E-state index >= 15 is 17.6 Å². The molecule has 0 atom stereocenters. The lowest BCUT2D eigenvalue weighted by atomic mass is 9.81. The van der Waals surface area contributed by atoms with Gasteiger partial charge in [-0.3, -0.25) is 4.57 Å². The molecule has 0 amide bonds. The van der Waals surface area contributed by atoms with Gasteiger partial charge in [0.25, 0.3) is 0 Å². The summed E-state index contributed by atoms with van der Waals surface area (Å²) in [6.07, 6.45) is 1.84. The van der Waals surface area contributed by atoms with E-state index in [-0.39, 0.29) is 34.3 Å². The van der Waals surface area contributed by atoms with E-state index in [4.69, 9.17) is 9.72 Å². The summed E-state index contributed by atoms with van der Waals surface area (Å²) in [6, 6.07) is 45.5. The van der Waals surface area contributed by atoms with Crippen LogP contribution in [0, 0.1) is 34.9 Å². The molecule has 0 bridgehead atoms. The minimum Gasteiger partial charge on any atom is -0.457 e. The van der Waals surface area contributed by atoms with Crippen molar-refractivity contribution in [3.8, 4) is 50.7 Å². The first-order valence-electron chi connectivity index (χ1n) is 25.6. The first kappa shape index (κ1) is 50.8. The maximum atomic E-state index is 16.4. The third-order valence-electron chi connectivity index (χ3n) is 14.6. The van der Waals surface area contributed by atoms with Gasteiger partial charge in [-0.25, -0.2) is 31.3 Å². The first-order valence-corrected chi connectivity index (χ1v) is 25.6. The summed E-state index contributed by atoms with van der Waals surface area (Å²) in [5, 5.41) is 2.08. The first-order chi connectivity index (χ1) is 36.5. The predicted octanol–water partition coefficient (Wildman–Crippen LogP) is 18.9. The van der Waals surface area contributed by atoms with Gasteiger partial charge in [-0.2, -0.15) is 0 Å². The summed E-state index contributed by atoms with van der Waals surface area (Å²) in [6.45, 7) is 18.5. The SMILES string of the molecule is CC(C)(C)c1ccc(-c2cc(Oc3ccc4c5ccccc5n(-c5cc(C(C)(C)C)ccn5)c4c3)cc(N3CN(c4c(-c5c(F)cc(F)cc5F)cc(C(C)(C)C)cc4-c4c(F)cc(F)cc4F)c4ccccc43)c2)cc1. The fourth-order valence-electron chi connectivity index (χ4n) is 10.5. The fourth-order valence-corrected chi connectivity index (χ4v) is 10.5. The van der Waals surface area contributed by atoms with Gasteiger partial charge in [-0.05, 0) is 111 Å². The number of aromatic nitrogens is 2. The largest absolute Gasteiger partial charge is 0.457 e. The third-order valence-corrected chi connectivity index (χ3v) is 14.6. The molecule has 0 aliphatic carbocycles. The Bertz CT molecular complexity index is 3850. The minimum absolute atomic E-state index is 0.0124. The molecule has 8 aromatic carbocycles. The smallest absolute Gasteiger partial charge is 0.137 e. The maximum absolute atomic E-state index is 16.4. The zero-order valence-corrected chi connectivity index (χ0v) is 44.3. The maximum Gasteiger partial charge on any atom is 0.137 e. The number of benzene rings is 8. The normalized spacial score (nSPS) is 13.0. The van der Waals surface area contributed by atoms with Crippen LogP contribution in [0.5, 0.6) is 11.5 Å². The highest BCUT2D eigenvalue weighted by atomic mass is 19.2. The Morgan fingerprint density at radius 2 is 0.987 bits per heavy atom. The fraction of sp³-hybridized carbons (Fsp3) is 0.197. The highest BCUT2D eigenvalue weighted by Gasteiger charge is 2.36. The van der Waals surface area contributed by atoms with Gasteiger partial charge >= 0.3 is 0 Å². The van der Waals surface area contributed by atoms with E-state index in [0.29, 0.717) is 58.4 Å². The Morgan fingerprint density at radius 3 is 1.57 bits per heavy atom. The zero-order chi connectivity index (χ0) is 54.5. The number of nitrogens with zero attached hydrogens (tertiary/aromatic N) is 4. The molecule has 77 heavy (non-hydrogen) atoms. The van der Waals surface area contributed by atoms with Crippen LogP contribution in [0.25, 0.3) is 61.0 Å². The predicted molar refractivity (Wildman–Crippen MR) is 299 cm³/mol. The molecular weight excluding hydrogens is 979 g/mol. The lowest BCUT2D eigenvalue weighted by molar-refractivity contribution is 0.483. The lowest BCUT2D eigenvalue weighted by Gasteiger charge is -2.30. The molecule has 1 aliphatic rings. The molecule has 5 nitrogen and oxygen atoms in total. The Hall–Kier alpha value is -8.31. The van der Waals surface area contributed by atoms with E-state index in [9.17, 15) is 8.78 Å². The average molecular weight is 1040 g/mol. The standard InChI is InChI=1S/C66H56F6N4O/c1-64(2,3)40-20-18-38(19-21-40)39-26-45(35-47(27-39)77-46-22-23-49-48-14-10-11-15-56(48)76(59(49)36-46)60-30-41(24-25-73-60)65(4,5)6)74-37-75(58-17-13-12-16-57(58)74)63-50(61-52(69)31-43(67)32-53(61)70)28-42(66(7,8)9)29-51(63)62-54(71)33-44(68)34-55(62)72/h10-36H,37H2,1-9H3. The van der Waals surface area contributed by atoms with Crippen molar-refractivity contribution in [3.05, 3.63) is 216 Å². The van der Waals surface area contributed by atoms with Gasteiger partial charge < -0.3 is 14.5 Å². The molecule has 1 aliphatic heterocycles. The zero-order valence-electron chi connectivity index (χ0n) is 44.3. The average Bonchev–Trinajstić information content (AvgIpc) is 3.97. The molecule has 11 heteroatoms. The van der Waals surface area contributed by atoms with Gasteiger partial charge in [0.1, 0.15) is 58.9 Å². The van der Waals surface area contributed by atoms with Crippen molar-refractivity contribution in [2.75, 3.05) is 16.5 Å². The van der Waals surface area contributed by atoms with Crippen LogP contribution in [0.1, 0.15) is 79.0 Å². The summed E-state index contributed by atoms with van der Waals surface area (Å²) >= 11 is 0. The van der Waals surface area contributed by atoms with Crippen molar-refractivity contribution in [3.63, 3.8) is 0 Å². The number of hydrogen-bond acceptors (Lipinski definition) is 4. The van der Waals surface area contributed by atoms with Crippen LogP contribution >= 0.6 is 0 Å². The van der Waals surface area contributed by atoms with E-state index in [2.05, 4.69) is 94.6 Å². The van der Waals surface area contributed by atoms with Crippen LogP contribution in [0.2, 0.25) is 0 Å². The number of fused-ring (bicyclic) bond motifs is 4. The van der Waals surface area contributed by atoms with Crippen LogP contribution in [0.4, 0.5) is 49.1 Å². The lowest BCUT2D eigenvalue weighted by Crippen LogP contribution is -2.26. The van der Waals surface area contributed by atoms with Crippen molar-refractivity contribution >= 4 is 44.6 Å². The topological polar surface area (TPSA) is 33.5 Å². The minimum atomic E-state index is -1.22. The summed E-state index contributed by atoms with van der Waals surface area (Å²) in [4.78, 5) is 8.59. The van der Waals surface area contributed by atoms with Crippen molar-refractivity contribution < 1.29 is 31.1 Å². The summed E-state index contributed by atoms with van der Waals surface area (Å²) < 4.78 is 104. The van der Waals surface area contributed by atoms with E-state index in [1.807, 2.05) is 98.6 Å². The van der Waals surface area contributed by atoms with Crippen LogP contribution in [0.15, 0.2) is 164 Å². The van der Waals surface area contributed by atoms with E-state index in [1.54, 1.807) is 23.1 Å². The molecule has 10 aromatic rings. The molecule has 0 fully saturated rings. The van der Waals surface area contributed by atoms with Crippen molar-refractivity contribution in [2.45, 2.75) is 78.6 Å². The highest BCUT2D eigenvalue weighted by Crippen LogP contribution is 2.53. The molecule has 2 aromatic heterocycles. The van der Waals surface area contributed by atoms with Gasteiger partial charge in [0.05, 0.1) is 39.2 Å². The number of ether oxygens (including phenoxy) is 1. The van der Waals surface area contributed by atoms with Crippen molar-refractivity contribution in [2.24, 2.45) is 0 Å². The number of rotatable bonds is 8. The number of halogens is 6. The van der Waals surface area contributed by atoms with E-state index in [1.165, 1.54) is 0 Å². The number of hydrogen-bond donors (Lipinski definition) is 0. The number of pyridine rings is 1. The third kappa shape index (κ3) is 9.36. The Balaban J connectivity index is 1.11. The summed E-state index contributed by atoms with van der Waals surface area (Å²) in [5.74, 6) is -5.32. The van der Waals surface area contributed by atoms with Crippen molar-refractivity contribution in [1.29, 1.82) is 0 Å². The molecule has 3 heterocycles. The molecule has 0 spiro atoms. The molecule has 388 valence electrons. The molecular formula is C66H56F6N4O. The molecule has 0 unspecified atom stereocenters. The second-order valence-electron chi connectivity index (χ2n) is 23.0. The van der Waals surface area contributed by atoms with Crippen molar-refractivity contribution in [1.82, 2.24) is 9.55 Å². The quantitative estimate of drug-likeness (QED) is 0.142. The molecule has 0 saturated heterocycles. The van der Waals surface area contributed by atoms with Gasteiger partial charge in [0.2, 0.25) is 0 Å². The van der Waals surface area contributed by atoms with Crippen LogP contribution < -0.4 is 14.5 Å². The van der Waals surface area contributed by atoms with Gasteiger partial charge in [0.15, 0.2) is 0 Å². The van der Waals surface area contributed by atoms with Gasteiger partial charge in [0, 0.05) is 70.2 Å². The summed E-state index contributed by atoms with van der Waals surface area (Å²) in [7, 11) is 0. The van der Waals surface area contributed by atoms with Gasteiger partial charge in [-0.15, -0.1) is 0 Å². The Labute approximate surface area is 444 Å². The summed E-state index contributed by atoms with van der Waals surface area (Å²) in [5.41, 5.74) is 5.84. The van der Waals surface area contributed by atoms with Crippen LogP contribution in [-0.4, -0.2) is 16.2 Å². The second-order valence-corrected chi connectivity index (χ2v) is 23.0. The van der Waals surface area contributed by atoms with Gasteiger partial charge in [-0.1, -0.05) is 117 Å². The Morgan fingerprint density at radius 1 is 0.442 bits per heavy atom. The molecule has 0 N–H and O–H groups in total. The van der Waals surface area contributed by atoms with E-state index in [0.717, 1.165) is 49.9 Å². The number of anilines is 4. The highest BCUT2D eigenvalue weighted by molar-refractivity contribution is 6.09. The van der Waals surface area contributed by atoms with E-state index < -0.39 is 51.4 Å². The molecule has 0 radical (unpaired) electrons. The number of para-hydroxylation sites is 3. The second kappa shape index (κ2) is 18.8. The monoisotopic (exact) mass is 1030 g/mol. The molecule has 0 saturated carbocycles. The molecule has 11 rings (SSSR count). The van der Waals surface area contributed by atoms with Crippen LogP contribution in [-0.2, 0) is 16.2 Å².